The average Bonchev–Trinajstić information content (AvgIpc) is 2.79. The van der Waals surface area contributed by atoms with Gasteiger partial charge in [-0.25, -0.2) is 4.79 Å². The van der Waals surface area contributed by atoms with Gasteiger partial charge in [-0.3, -0.25) is 14.9 Å². The summed E-state index contributed by atoms with van der Waals surface area (Å²) >= 11 is 0. The van der Waals surface area contributed by atoms with E-state index in [0.29, 0.717) is 29.7 Å². The summed E-state index contributed by atoms with van der Waals surface area (Å²) in [7, 11) is -4.08. The molecule has 1 atom stereocenters. The summed E-state index contributed by atoms with van der Waals surface area (Å²) in [5.41, 5.74) is 1.97. The third kappa shape index (κ3) is 7.58. The third-order valence-corrected chi connectivity index (χ3v) is 18.5. The van der Waals surface area contributed by atoms with Gasteiger partial charge in [0.15, 0.2) is 16.6 Å². The Bertz CT molecular complexity index is 1100. The van der Waals surface area contributed by atoms with E-state index in [2.05, 4.69) is 72.3 Å². The van der Waals surface area contributed by atoms with Gasteiger partial charge in [0, 0.05) is 24.3 Å². The number of hydrogen-bond acceptors (Lipinski definition) is 7. The van der Waals surface area contributed by atoms with Crippen molar-refractivity contribution in [3.8, 4) is 0 Å². The number of ether oxygens (including phenoxy) is 2. The summed E-state index contributed by atoms with van der Waals surface area (Å²) < 4.78 is 19.0. The molecular weight excluding hydrogens is 532 g/mol. The van der Waals surface area contributed by atoms with Crippen LogP contribution in [-0.4, -0.2) is 57.4 Å². The van der Waals surface area contributed by atoms with E-state index in [4.69, 9.17) is 13.9 Å². The van der Waals surface area contributed by atoms with E-state index < -0.39 is 27.6 Å². The molecule has 39 heavy (non-hydrogen) atoms. The zero-order chi connectivity index (χ0) is 30.0. The van der Waals surface area contributed by atoms with Gasteiger partial charge in [0.1, 0.15) is 13.2 Å². The Labute approximate surface area is 235 Å². The molecule has 0 saturated carbocycles. The number of benzene rings is 1. The van der Waals surface area contributed by atoms with Crippen molar-refractivity contribution in [3.63, 3.8) is 0 Å². The Morgan fingerprint density at radius 3 is 2.05 bits per heavy atom. The number of carbonyl (C=O) groups is 2. The van der Waals surface area contributed by atoms with Crippen LogP contribution in [0, 0.1) is 10.1 Å². The molecule has 1 aromatic carbocycles. The topological polar surface area (TPSA) is 108 Å². The molecule has 2 rings (SSSR count). The van der Waals surface area contributed by atoms with Crippen molar-refractivity contribution in [3.05, 3.63) is 51.1 Å². The normalized spacial score (nSPS) is 18.0. The van der Waals surface area contributed by atoms with E-state index in [0.717, 1.165) is 0 Å². The number of nitro groups is 1. The summed E-state index contributed by atoms with van der Waals surface area (Å²) in [6.45, 7) is 24.4. The van der Waals surface area contributed by atoms with Gasteiger partial charge in [-0.1, -0.05) is 54.6 Å². The highest BCUT2D eigenvalue weighted by Crippen LogP contribution is 2.46. The second-order valence-electron chi connectivity index (χ2n) is 13.3. The molecule has 0 aromatic heterocycles. The smallest absolute Gasteiger partial charge is 0.430 e. The fourth-order valence-corrected chi connectivity index (χ4v) is 7.46. The number of hydrogen-bond donors (Lipinski definition) is 0. The molecule has 0 unspecified atom stereocenters. The van der Waals surface area contributed by atoms with Gasteiger partial charge in [0.05, 0.1) is 11.0 Å². The SMILES string of the molecule is CC(COC(=O)OCc1ccc([N+](=O)[O-])cc1)=C1C(=O)N([Si](C)(C)C(C)(C)C)[C@@H]1CCO[Si](C)(C)C(C)(C)C. The summed E-state index contributed by atoms with van der Waals surface area (Å²) in [6, 6.07) is 5.67. The van der Waals surface area contributed by atoms with Crippen molar-refractivity contribution < 1.29 is 28.4 Å². The van der Waals surface area contributed by atoms with E-state index in [1.54, 1.807) is 0 Å². The van der Waals surface area contributed by atoms with E-state index in [9.17, 15) is 19.7 Å². The van der Waals surface area contributed by atoms with Crippen LogP contribution < -0.4 is 0 Å². The average molecular weight is 579 g/mol. The molecule has 0 N–H and O–H groups in total. The highest BCUT2D eigenvalue weighted by Gasteiger charge is 2.55. The molecule has 1 saturated heterocycles. The van der Waals surface area contributed by atoms with Crippen LogP contribution in [0.15, 0.2) is 35.4 Å². The van der Waals surface area contributed by atoms with Gasteiger partial charge in [0.2, 0.25) is 5.91 Å². The molecule has 1 fully saturated rings. The maximum absolute atomic E-state index is 13.5. The standard InChI is InChI=1S/C28H46N2O7Si2/c1-20(18-35-26(32)36-19-21-12-14-22(15-13-21)30(33)34)24-23(16-17-37-39(10,11)28(5,6)7)29(25(24)31)38(8,9)27(2,3)4/h12-15,23H,16-19H2,1-11H3/t23-/m1/s1. The minimum Gasteiger partial charge on any atom is -0.430 e. The number of carbonyl (C=O) groups excluding carboxylic acids is 2. The number of nitrogens with zero attached hydrogens (tertiary/aromatic N) is 2. The van der Waals surface area contributed by atoms with Crippen molar-refractivity contribution in [2.24, 2.45) is 0 Å². The van der Waals surface area contributed by atoms with Crippen LogP contribution >= 0.6 is 0 Å². The van der Waals surface area contributed by atoms with Crippen molar-refractivity contribution >= 4 is 34.3 Å². The molecule has 0 spiro atoms. The van der Waals surface area contributed by atoms with Crippen LogP contribution in [0.3, 0.4) is 0 Å². The van der Waals surface area contributed by atoms with Crippen molar-refractivity contribution in [2.45, 2.75) is 104 Å². The van der Waals surface area contributed by atoms with Crippen LogP contribution in [0.4, 0.5) is 10.5 Å². The van der Waals surface area contributed by atoms with Gasteiger partial charge >= 0.3 is 6.16 Å². The second kappa shape index (κ2) is 11.9. The Morgan fingerprint density at radius 1 is 1.00 bits per heavy atom. The van der Waals surface area contributed by atoms with Crippen molar-refractivity contribution in [1.82, 2.24) is 4.57 Å². The zero-order valence-electron chi connectivity index (χ0n) is 25.5. The van der Waals surface area contributed by atoms with E-state index in [-0.39, 0.29) is 40.9 Å². The molecule has 0 aliphatic carbocycles. The number of non-ortho nitro benzene ring substituents is 1. The maximum Gasteiger partial charge on any atom is 0.508 e. The lowest BCUT2D eigenvalue weighted by molar-refractivity contribution is -0.384. The second-order valence-corrected chi connectivity index (χ2v) is 23.3. The predicted octanol–water partition coefficient (Wildman–Crippen LogP) is 7.19. The summed E-state index contributed by atoms with van der Waals surface area (Å²) in [5, 5.41) is 10.9. The van der Waals surface area contributed by atoms with Crippen molar-refractivity contribution in [2.75, 3.05) is 13.2 Å². The molecule has 9 nitrogen and oxygen atoms in total. The number of amides is 1. The zero-order valence-corrected chi connectivity index (χ0v) is 27.5. The first kappa shape index (κ1) is 32.7. The quantitative estimate of drug-likeness (QED) is 0.0722. The van der Waals surface area contributed by atoms with Gasteiger partial charge < -0.3 is 18.5 Å². The van der Waals surface area contributed by atoms with Crippen molar-refractivity contribution in [1.29, 1.82) is 0 Å². The Balaban J connectivity index is 2.11. The number of β-lactam (4-membered cyclic amide) rings is 1. The van der Waals surface area contributed by atoms with Crippen LogP contribution in [0.25, 0.3) is 0 Å². The lowest BCUT2D eigenvalue weighted by Crippen LogP contribution is -2.70. The molecular formula is C28H46N2O7Si2. The monoisotopic (exact) mass is 578 g/mol. The van der Waals surface area contributed by atoms with Gasteiger partial charge in [-0.2, -0.15) is 0 Å². The third-order valence-electron chi connectivity index (χ3n) is 8.56. The first-order valence-electron chi connectivity index (χ1n) is 13.4. The largest absolute Gasteiger partial charge is 0.508 e. The number of rotatable bonds is 10. The lowest BCUT2D eigenvalue weighted by Gasteiger charge is -2.56. The number of nitro benzene ring substituents is 1. The molecule has 1 amide bonds. The first-order chi connectivity index (χ1) is 17.7. The summed E-state index contributed by atoms with van der Waals surface area (Å²) in [6.07, 6.45) is -0.165. The minimum absolute atomic E-state index is 0.0132. The fraction of sp³-hybridized carbons (Fsp3) is 0.643. The van der Waals surface area contributed by atoms with Gasteiger partial charge in [-0.15, -0.1) is 0 Å². The predicted molar refractivity (Wildman–Crippen MR) is 158 cm³/mol. The molecule has 218 valence electrons. The summed E-state index contributed by atoms with van der Waals surface area (Å²) in [5.74, 6) is 0.0132. The van der Waals surface area contributed by atoms with E-state index in [1.165, 1.54) is 24.3 Å². The van der Waals surface area contributed by atoms with E-state index >= 15 is 0 Å². The Kier molecular flexibility index (Phi) is 10.0. The minimum atomic E-state index is -2.14. The molecule has 1 aliphatic rings. The molecule has 11 heteroatoms. The lowest BCUT2D eigenvalue weighted by atomic mass is 9.91. The molecule has 1 heterocycles. The Morgan fingerprint density at radius 2 is 1.56 bits per heavy atom. The fourth-order valence-electron chi connectivity index (χ4n) is 4.01. The summed E-state index contributed by atoms with van der Waals surface area (Å²) in [4.78, 5) is 36.0. The molecule has 1 aromatic rings. The highest BCUT2D eigenvalue weighted by molar-refractivity contribution is 6.80. The molecule has 0 bridgehead atoms. The van der Waals surface area contributed by atoms with Crippen LogP contribution in [0.5, 0.6) is 0 Å². The van der Waals surface area contributed by atoms with Gasteiger partial charge in [-0.05, 0) is 59.8 Å². The van der Waals surface area contributed by atoms with E-state index in [1.807, 2.05) is 6.92 Å². The first-order valence-corrected chi connectivity index (χ1v) is 19.3. The van der Waals surface area contributed by atoms with Crippen LogP contribution in [-0.2, 0) is 25.3 Å². The Hall–Kier alpha value is -2.51. The van der Waals surface area contributed by atoms with Gasteiger partial charge in [0.25, 0.3) is 5.69 Å². The van der Waals surface area contributed by atoms with Crippen LogP contribution in [0.1, 0.15) is 60.5 Å². The molecule has 0 radical (unpaired) electrons. The maximum atomic E-state index is 13.5. The molecule has 1 aliphatic heterocycles. The highest BCUT2D eigenvalue weighted by atomic mass is 28.4. The van der Waals surface area contributed by atoms with Crippen LogP contribution in [0.2, 0.25) is 36.3 Å².